The number of hydrogen-bond acceptors (Lipinski definition) is 3. The minimum absolute atomic E-state index is 0.211. The van der Waals surface area contributed by atoms with Gasteiger partial charge >= 0.3 is 0 Å². The summed E-state index contributed by atoms with van der Waals surface area (Å²) in [6, 6.07) is 7.66. The number of rotatable bonds is 4. The molecule has 1 saturated heterocycles. The summed E-state index contributed by atoms with van der Waals surface area (Å²) in [5.74, 6) is 5.81. The second-order valence-electron chi connectivity index (χ2n) is 4.93. The molecule has 4 heteroatoms. The van der Waals surface area contributed by atoms with Gasteiger partial charge in [0, 0.05) is 18.7 Å². The summed E-state index contributed by atoms with van der Waals surface area (Å²) < 4.78 is 0. The first kappa shape index (κ1) is 13.1. The molecule has 0 radical (unpaired) electrons. The molecule has 1 amide bonds. The summed E-state index contributed by atoms with van der Waals surface area (Å²) in [5, 5.41) is 0. The highest BCUT2D eigenvalue weighted by atomic mass is 16.2. The molecule has 18 heavy (non-hydrogen) atoms. The average molecular weight is 247 g/mol. The highest BCUT2D eigenvalue weighted by Crippen LogP contribution is 2.22. The van der Waals surface area contributed by atoms with Crippen molar-refractivity contribution in [3.8, 4) is 0 Å². The zero-order valence-electron chi connectivity index (χ0n) is 10.9. The van der Waals surface area contributed by atoms with Gasteiger partial charge in [-0.1, -0.05) is 31.5 Å². The Hall–Kier alpha value is -1.39. The first-order valence-electron chi connectivity index (χ1n) is 6.55. The predicted octanol–water partition coefficient (Wildman–Crippen LogP) is 1.52. The molecule has 2 rings (SSSR count). The zero-order chi connectivity index (χ0) is 13.0. The van der Waals surface area contributed by atoms with Crippen molar-refractivity contribution in [2.75, 3.05) is 13.1 Å². The summed E-state index contributed by atoms with van der Waals surface area (Å²) in [4.78, 5) is 14.1. The smallest absolute Gasteiger partial charge is 0.265 e. The number of likely N-dealkylation sites (tertiary alicyclic amines) is 1. The molecule has 1 aromatic rings. The Bertz CT molecular complexity index is 419. The second-order valence-corrected chi connectivity index (χ2v) is 4.93. The van der Waals surface area contributed by atoms with Crippen molar-refractivity contribution < 1.29 is 4.79 Å². The van der Waals surface area contributed by atoms with Gasteiger partial charge < -0.3 is 0 Å². The number of carbonyl (C=O) groups is 1. The van der Waals surface area contributed by atoms with E-state index in [1.54, 1.807) is 0 Å². The SMILES string of the molecule is CCC1CCN(Cc2ccccc2C(=O)NN)C1. The summed E-state index contributed by atoms with van der Waals surface area (Å²) in [5.41, 5.74) is 3.94. The van der Waals surface area contributed by atoms with Crippen LogP contribution in [0.3, 0.4) is 0 Å². The van der Waals surface area contributed by atoms with Crippen molar-refractivity contribution in [3.05, 3.63) is 35.4 Å². The van der Waals surface area contributed by atoms with Crippen LogP contribution in [-0.2, 0) is 6.54 Å². The number of nitrogen functional groups attached to an aromatic ring is 1. The van der Waals surface area contributed by atoms with Crippen LogP contribution < -0.4 is 11.3 Å². The molecule has 0 spiro atoms. The topological polar surface area (TPSA) is 58.4 Å². The quantitative estimate of drug-likeness (QED) is 0.482. The Morgan fingerprint density at radius 2 is 2.28 bits per heavy atom. The Balaban J connectivity index is 2.07. The number of amides is 1. The molecule has 1 unspecified atom stereocenters. The summed E-state index contributed by atoms with van der Waals surface area (Å²) in [6.45, 7) is 5.33. The van der Waals surface area contributed by atoms with Gasteiger partial charge in [0.25, 0.3) is 5.91 Å². The molecule has 1 atom stereocenters. The molecule has 0 aromatic heterocycles. The summed E-state index contributed by atoms with van der Waals surface area (Å²) >= 11 is 0. The molecule has 98 valence electrons. The van der Waals surface area contributed by atoms with Crippen molar-refractivity contribution in [2.24, 2.45) is 11.8 Å². The highest BCUT2D eigenvalue weighted by Gasteiger charge is 2.22. The second kappa shape index (κ2) is 5.98. The molecule has 4 nitrogen and oxygen atoms in total. The summed E-state index contributed by atoms with van der Waals surface area (Å²) in [7, 11) is 0. The molecular weight excluding hydrogens is 226 g/mol. The lowest BCUT2D eigenvalue weighted by Crippen LogP contribution is -2.31. The fraction of sp³-hybridized carbons (Fsp3) is 0.500. The van der Waals surface area contributed by atoms with Gasteiger partial charge in [-0.05, 0) is 30.5 Å². The van der Waals surface area contributed by atoms with E-state index in [-0.39, 0.29) is 5.91 Å². The van der Waals surface area contributed by atoms with E-state index < -0.39 is 0 Å². The van der Waals surface area contributed by atoms with Crippen molar-refractivity contribution in [2.45, 2.75) is 26.3 Å². The molecule has 1 aliphatic heterocycles. The van der Waals surface area contributed by atoms with E-state index in [2.05, 4.69) is 17.2 Å². The molecule has 0 aliphatic carbocycles. The predicted molar refractivity (Wildman–Crippen MR) is 71.8 cm³/mol. The normalized spacial score (nSPS) is 20.0. The van der Waals surface area contributed by atoms with Crippen LogP contribution in [0.5, 0.6) is 0 Å². The Kier molecular flexibility index (Phi) is 4.33. The van der Waals surface area contributed by atoms with E-state index >= 15 is 0 Å². The first-order valence-corrected chi connectivity index (χ1v) is 6.55. The van der Waals surface area contributed by atoms with Crippen molar-refractivity contribution in [1.82, 2.24) is 10.3 Å². The standard InChI is InChI=1S/C14H21N3O/c1-2-11-7-8-17(9-11)10-12-5-3-4-6-13(12)14(18)16-15/h3-6,11H,2,7-10,15H2,1H3,(H,16,18). The maximum Gasteiger partial charge on any atom is 0.265 e. The van der Waals surface area contributed by atoms with Crippen LogP contribution in [0.15, 0.2) is 24.3 Å². The number of benzene rings is 1. The van der Waals surface area contributed by atoms with E-state index in [9.17, 15) is 4.79 Å². The lowest BCUT2D eigenvalue weighted by molar-refractivity contribution is 0.0952. The van der Waals surface area contributed by atoms with Crippen molar-refractivity contribution in [1.29, 1.82) is 0 Å². The zero-order valence-corrected chi connectivity index (χ0v) is 10.9. The van der Waals surface area contributed by atoms with Crippen LogP contribution in [0.25, 0.3) is 0 Å². The molecule has 0 saturated carbocycles. The fourth-order valence-electron chi connectivity index (χ4n) is 2.59. The number of carbonyl (C=O) groups excluding carboxylic acids is 1. The highest BCUT2D eigenvalue weighted by molar-refractivity contribution is 5.95. The van der Waals surface area contributed by atoms with Gasteiger partial charge in [-0.3, -0.25) is 15.1 Å². The number of hydrazine groups is 1. The minimum Gasteiger partial charge on any atom is -0.299 e. The van der Waals surface area contributed by atoms with E-state index in [4.69, 9.17) is 5.84 Å². The van der Waals surface area contributed by atoms with E-state index in [0.717, 1.165) is 31.1 Å². The van der Waals surface area contributed by atoms with Gasteiger partial charge in [-0.15, -0.1) is 0 Å². The Morgan fingerprint density at radius 3 is 2.94 bits per heavy atom. The maximum atomic E-state index is 11.7. The Morgan fingerprint density at radius 1 is 1.50 bits per heavy atom. The molecule has 0 bridgehead atoms. The molecular formula is C14H21N3O. The molecule has 1 aliphatic rings. The third-order valence-corrected chi connectivity index (χ3v) is 3.73. The van der Waals surface area contributed by atoms with Crippen LogP contribution in [-0.4, -0.2) is 23.9 Å². The number of nitrogens with one attached hydrogen (secondary N) is 1. The molecule has 1 fully saturated rings. The van der Waals surface area contributed by atoms with Gasteiger partial charge in [0.15, 0.2) is 0 Å². The van der Waals surface area contributed by atoms with Crippen molar-refractivity contribution in [3.63, 3.8) is 0 Å². The molecule has 1 heterocycles. The summed E-state index contributed by atoms with van der Waals surface area (Å²) in [6.07, 6.45) is 2.50. The van der Waals surface area contributed by atoms with Gasteiger partial charge in [-0.2, -0.15) is 0 Å². The van der Waals surface area contributed by atoms with Gasteiger partial charge in [0.2, 0.25) is 0 Å². The number of nitrogens with two attached hydrogens (primary N) is 1. The van der Waals surface area contributed by atoms with Gasteiger partial charge in [0.05, 0.1) is 0 Å². The lowest BCUT2D eigenvalue weighted by Gasteiger charge is -2.17. The molecule has 3 N–H and O–H groups in total. The van der Waals surface area contributed by atoms with Gasteiger partial charge in [-0.25, -0.2) is 5.84 Å². The van der Waals surface area contributed by atoms with E-state index in [1.165, 1.54) is 12.8 Å². The Labute approximate surface area is 108 Å². The maximum absolute atomic E-state index is 11.7. The average Bonchev–Trinajstić information content (AvgIpc) is 2.86. The van der Waals surface area contributed by atoms with Gasteiger partial charge in [0.1, 0.15) is 0 Å². The van der Waals surface area contributed by atoms with Crippen molar-refractivity contribution >= 4 is 5.91 Å². The van der Waals surface area contributed by atoms with E-state index in [0.29, 0.717) is 5.56 Å². The monoisotopic (exact) mass is 247 g/mol. The van der Waals surface area contributed by atoms with E-state index in [1.807, 2.05) is 24.3 Å². The first-order chi connectivity index (χ1) is 8.74. The third kappa shape index (κ3) is 2.89. The van der Waals surface area contributed by atoms with Crippen LogP contribution in [0.1, 0.15) is 35.7 Å². The largest absolute Gasteiger partial charge is 0.299 e. The number of nitrogens with zero attached hydrogens (tertiary/aromatic N) is 1. The van der Waals surface area contributed by atoms with Crippen LogP contribution in [0.2, 0.25) is 0 Å². The number of hydrogen-bond donors (Lipinski definition) is 2. The van der Waals surface area contributed by atoms with Crippen LogP contribution in [0.4, 0.5) is 0 Å². The molecule has 1 aromatic carbocycles. The lowest BCUT2D eigenvalue weighted by atomic mass is 10.1. The third-order valence-electron chi connectivity index (χ3n) is 3.73. The minimum atomic E-state index is -0.211. The van der Waals surface area contributed by atoms with Crippen LogP contribution in [0, 0.1) is 5.92 Å². The van der Waals surface area contributed by atoms with Crippen LogP contribution >= 0.6 is 0 Å². The fourth-order valence-corrected chi connectivity index (χ4v) is 2.59.